The normalized spacial score (nSPS) is 11.7. The van der Waals surface area contributed by atoms with Crippen LogP contribution in [-0.2, 0) is 9.09 Å². The van der Waals surface area contributed by atoms with Gasteiger partial charge in [-0.1, -0.05) is 0 Å². The number of carbonyl (C=O) groups is 1. The van der Waals surface area contributed by atoms with Gasteiger partial charge < -0.3 is 14.0 Å². The Bertz CT molecular complexity index is 1000. The lowest BCUT2D eigenvalue weighted by Gasteiger charge is -2.11. The Kier molecular flexibility index (Phi) is 3.41. The highest BCUT2D eigenvalue weighted by Gasteiger charge is 2.27. The van der Waals surface area contributed by atoms with Gasteiger partial charge in [0.05, 0.1) is 0 Å². The Morgan fingerprint density at radius 1 is 1.22 bits per heavy atom. The van der Waals surface area contributed by atoms with Crippen LogP contribution < -0.4 is 5.43 Å². The molecule has 1 aromatic rings. The molecule has 0 bridgehead atoms. The van der Waals surface area contributed by atoms with Crippen molar-refractivity contribution in [3.05, 3.63) is 46.1 Å². The third-order valence-electron chi connectivity index (χ3n) is 2.91. The van der Waals surface area contributed by atoms with Crippen LogP contribution in [0.1, 0.15) is 10.4 Å². The molecular weight excluding hydrogens is 329 g/mol. The first-order valence-corrected chi connectivity index (χ1v) is 7.64. The van der Waals surface area contributed by atoms with Crippen molar-refractivity contribution in [2.45, 2.75) is 0 Å². The number of phosphoric acid groups is 1. The maximum Gasteiger partial charge on any atom is 0.527 e. The van der Waals surface area contributed by atoms with Gasteiger partial charge in [0, 0.05) is 6.07 Å². The Morgan fingerprint density at radius 3 is 2.65 bits per heavy atom. The highest BCUT2D eigenvalue weighted by Crippen LogP contribution is 2.39. The molecule has 0 spiro atoms. The lowest BCUT2D eigenvalue weighted by molar-refractivity contribution is 0.0676. The molecule has 0 atom stereocenters. The van der Waals surface area contributed by atoms with Crippen molar-refractivity contribution in [2.75, 3.05) is 0 Å². The Morgan fingerprint density at radius 2 is 1.96 bits per heavy atom. The van der Waals surface area contributed by atoms with E-state index in [2.05, 4.69) is 9.51 Å². The minimum absolute atomic E-state index is 0.0424. The van der Waals surface area contributed by atoms with Gasteiger partial charge in [-0.25, -0.2) is 14.3 Å². The average molecular weight is 337 g/mol. The van der Waals surface area contributed by atoms with E-state index < -0.39 is 25.1 Å². The van der Waals surface area contributed by atoms with E-state index >= 15 is 0 Å². The van der Waals surface area contributed by atoms with E-state index in [0.29, 0.717) is 5.69 Å². The SMILES string of the molecule is O=C(OP(=O)(O)O)c1c(O)ccc2nc3ccc(=O)cc-3oc12. The number of hydrogen-bond acceptors (Lipinski definition) is 7. The summed E-state index contributed by atoms with van der Waals surface area (Å²) in [5.41, 5.74) is -0.760. The summed E-state index contributed by atoms with van der Waals surface area (Å²) in [7, 11) is -5.11. The van der Waals surface area contributed by atoms with Gasteiger partial charge in [0.25, 0.3) is 0 Å². The van der Waals surface area contributed by atoms with Crippen molar-refractivity contribution in [3.63, 3.8) is 0 Å². The highest BCUT2D eigenvalue weighted by molar-refractivity contribution is 7.46. The Hall–Kier alpha value is -2.74. The molecule has 0 radical (unpaired) electrons. The van der Waals surface area contributed by atoms with Crippen LogP contribution in [0.4, 0.5) is 0 Å². The first kappa shape index (κ1) is 15.2. The number of rotatable bonds is 2. The summed E-state index contributed by atoms with van der Waals surface area (Å²) in [6, 6.07) is 6.27. The molecule has 23 heavy (non-hydrogen) atoms. The maximum atomic E-state index is 11.9. The standard InChI is InChI=1S/C13H8NO8P/c15-6-1-2-7-10(5-6)21-12-8(14-7)3-4-9(16)11(12)13(17)22-23(18,19)20/h1-5,16H,(H2,18,19,20). The van der Waals surface area contributed by atoms with Gasteiger partial charge in [0.1, 0.15) is 22.5 Å². The predicted octanol–water partition coefficient (Wildman–Crippen LogP) is 1.25. The fourth-order valence-electron chi connectivity index (χ4n) is 2.01. The topological polar surface area (TPSA) is 147 Å². The number of aromatic hydroxyl groups is 1. The number of phenolic OH excluding ortho intramolecular Hbond substituents is 1. The van der Waals surface area contributed by atoms with Gasteiger partial charge in [-0.3, -0.25) is 14.6 Å². The number of benzene rings is 2. The zero-order chi connectivity index (χ0) is 16.8. The van der Waals surface area contributed by atoms with E-state index in [1.165, 1.54) is 18.2 Å². The van der Waals surface area contributed by atoms with Crippen molar-refractivity contribution >= 4 is 24.9 Å². The van der Waals surface area contributed by atoms with Gasteiger partial charge >= 0.3 is 13.8 Å². The van der Waals surface area contributed by atoms with Crippen LogP contribution >= 0.6 is 7.82 Å². The summed E-state index contributed by atoms with van der Waals surface area (Å²) in [5, 5.41) is 9.80. The molecule has 0 saturated heterocycles. The minimum Gasteiger partial charge on any atom is -0.507 e. The second-order valence-electron chi connectivity index (χ2n) is 4.52. The zero-order valence-corrected chi connectivity index (χ0v) is 12.1. The molecule has 118 valence electrons. The lowest BCUT2D eigenvalue weighted by atomic mass is 10.1. The van der Waals surface area contributed by atoms with E-state index in [1.807, 2.05) is 0 Å². The second kappa shape index (κ2) is 5.17. The number of aromatic nitrogens is 1. The van der Waals surface area contributed by atoms with E-state index in [-0.39, 0.29) is 22.3 Å². The molecule has 9 nitrogen and oxygen atoms in total. The van der Waals surface area contributed by atoms with Crippen LogP contribution in [0, 0.1) is 0 Å². The first-order chi connectivity index (χ1) is 10.7. The molecule has 10 heteroatoms. The molecule has 0 unspecified atom stereocenters. The smallest absolute Gasteiger partial charge is 0.507 e. The molecule has 0 saturated carbocycles. The fourth-order valence-corrected chi connectivity index (χ4v) is 2.32. The quantitative estimate of drug-likeness (QED) is 0.464. The van der Waals surface area contributed by atoms with Gasteiger partial charge in [0.2, 0.25) is 0 Å². The molecule has 1 heterocycles. The van der Waals surface area contributed by atoms with Crippen molar-refractivity contribution < 1.29 is 33.2 Å². The number of nitrogens with zero attached hydrogens (tertiary/aromatic N) is 1. The Labute approximate surface area is 127 Å². The summed E-state index contributed by atoms with van der Waals surface area (Å²) in [4.78, 5) is 44.8. The predicted molar refractivity (Wildman–Crippen MR) is 76.0 cm³/mol. The maximum absolute atomic E-state index is 11.9. The van der Waals surface area contributed by atoms with E-state index in [9.17, 15) is 19.3 Å². The molecule has 1 aliphatic carbocycles. The third-order valence-corrected chi connectivity index (χ3v) is 3.31. The monoisotopic (exact) mass is 337 g/mol. The summed E-state index contributed by atoms with van der Waals surface area (Å²) in [5.74, 6) is -2.05. The van der Waals surface area contributed by atoms with E-state index in [1.54, 1.807) is 0 Å². The van der Waals surface area contributed by atoms with Crippen LogP contribution in [0.3, 0.4) is 0 Å². The average Bonchev–Trinajstić information content (AvgIpc) is 2.43. The molecule has 3 N–H and O–H groups in total. The number of hydrogen-bond donors (Lipinski definition) is 3. The fraction of sp³-hybridized carbons (Fsp3) is 0. The molecule has 2 aliphatic rings. The summed E-state index contributed by atoms with van der Waals surface area (Å²) < 4.78 is 20.2. The first-order valence-electron chi connectivity index (χ1n) is 6.11. The molecule has 0 fully saturated rings. The van der Waals surface area contributed by atoms with Crippen molar-refractivity contribution in [2.24, 2.45) is 0 Å². The summed E-state index contributed by atoms with van der Waals surface area (Å²) in [6.07, 6.45) is 0. The molecular formula is C13H8NO8P. The number of fused-ring (bicyclic) bond motifs is 2. The minimum atomic E-state index is -5.11. The van der Waals surface area contributed by atoms with Gasteiger partial charge in [0.15, 0.2) is 16.8 Å². The highest BCUT2D eigenvalue weighted by atomic mass is 31.2. The van der Waals surface area contributed by atoms with Crippen molar-refractivity contribution in [1.82, 2.24) is 4.98 Å². The number of phosphoric ester groups is 1. The van der Waals surface area contributed by atoms with Crippen molar-refractivity contribution in [3.8, 4) is 17.2 Å². The van der Waals surface area contributed by atoms with Crippen LogP contribution in [-0.4, -0.2) is 25.8 Å². The lowest BCUT2D eigenvalue weighted by Crippen LogP contribution is -2.06. The summed E-state index contributed by atoms with van der Waals surface area (Å²) in [6.45, 7) is 0. The molecule has 0 aromatic heterocycles. The molecule has 0 amide bonds. The summed E-state index contributed by atoms with van der Waals surface area (Å²) >= 11 is 0. The van der Waals surface area contributed by atoms with Crippen LogP contribution in [0.5, 0.6) is 5.75 Å². The van der Waals surface area contributed by atoms with Gasteiger partial charge in [-0.05, 0) is 24.3 Å². The zero-order valence-electron chi connectivity index (χ0n) is 11.2. The largest absolute Gasteiger partial charge is 0.527 e. The number of phenols is 1. The van der Waals surface area contributed by atoms with E-state index in [4.69, 9.17) is 14.2 Å². The van der Waals surface area contributed by atoms with Crippen molar-refractivity contribution in [1.29, 1.82) is 0 Å². The van der Waals surface area contributed by atoms with E-state index in [0.717, 1.165) is 12.1 Å². The van der Waals surface area contributed by atoms with Crippen LogP contribution in [0.25, 0.3) is 22.6 Å². The van der Waals surface area contributed by atoms with Crippen LogP contribution in [0.2, 0.25) is 0 Å². The van der Waals surface area contributed by atoms with Gasteiger partial charge in [-0.2, -0.15) is 0 Å². The third kappa shape index (κ3) is 2.93. The Balaban J connectivity index is 2.30. The number of carbonyl (C=O) groups excluding carboxylic acids is 1. The second-order valence-corrected chi connectivity index (χ2v) is 5.68. The van der Waals surface area contributed by atoms with Crippen LogP contribution in [0.15, 0.2) is 39.5 Å². The molecule has 3 rings (SSSR count). The molecule has 1 aliphatic heterocycles. The molecule has 1 aromatic carbocycles. The van der Waals surface area contributed by atoms with Gasteiger partial charge in [-0.15, -0.1) is 0 Å².